The maximum Gasteiger partial charge on any atom is 0.371 e. The second-order valence-electron chi connectivity index (χ2n) is 1.72. The summed E-state index contributed by atoms with van der Waals surface area (Å²) in [5.41, 5.74) is 0. The summed E-state index contributed by atoms with van der Waals surface area (Å²) in [4.78, 5) is 37.8. The van der Waals surface area contributed by atoms with Crippen LogP contribution in [0.25, 0.3) is 0 Å². The number of rotatable bonds is 2. The lowest BCUT2D eigenvalue weighted by Gasteiger charge is -1.73. The average Bonchev–Trinajstić information content (AvgIpc) is 1.88. The summed E-state index contributed by atoms with van der Waals surface area (Å²) >= 11 is 0. The van der Waals surface area contributed by atoms with Crippen molar-refractivity contribution in [1.29, 1.82) is 0 Å². The van der Waals surface area contributed by atoms with E-state index in [4.69, 9.17) is 10.2 Å². The van der Waals surface area contributed by atoms with E-state index in [0.29, 0.717) is 0 Å². The first kappa shape index (κ1) is 17.4. The Morgan fingerprint density at radius 3 is 0.846 bits per heavy atom. The van der Waals surface area contributed by atoms with Crippen LogP contribution in [0.1, 0.15) is 13.8 Å². The molecule has 0 amide bonds. The first-order valence-electron chi connectivity index (χ1n) is 2.76. The Morgan fingerprint density at radius 1 is 0.769 bits per heavy atom. The first-order valence-corrected chi connectivity index (χ1v) is 2.76. The van der Waals surface area contributed by atoms with Crippen molar-refractivity contribution in [3.8, 4) is 0 Å². The molecule has 4 N–H and O–H groups in total. The van der Waals surface area contributed by atoms with Gasteiger partial charge in [0.05, 0.1) is 0 Å². The molecule has 76 valence electrons. The SMILES string of the molecule is CC(=O)C(=O)O.CC(=O)C(=O)O.O. The Hall–Kier alpha value is -1.76. The molecular weight excluding hydrogens is 184 g/mol. The Balaban J connectivity index is -0.000000143. The fraction of sp³-hybridized carbons (Fsp3) is 0.333. The molecule has 0 saturated heterocycles. The molecule has 0 aromatic rings. The van der Waals surface area contributed by atoms with E-state index in [-0.39, 0.29) is 5.48 Å². The zero-order valence-corrected chi connectivity index (χ0v) is 7.03. The number of ketones is 2. The van der Waals surface area contributed by atoms with Gasteiger partial charge in [0.15, 0.2) is 0 Å². The molecule has 0 unspecified atom stereocenters. The summed E-state index contributed by atoms with van der Waals surface area (Å²) in [5, 5.41) is 15.3. The average molecular weight is 194 g/mol. The van der Waals surface area contributed by atoms with E-state index in [1.807, 2.05) is 0 Å². The molecular formula is C6H10O7. The molecule has 0 saturated carbocycles. The van der Waals surface area contributed by atoms with Gasteiger partial charge < -0.3 is 15.7 Å². The fourth-order valence-corrected chi connectivity index (χ4v) is 0. The summed E-state index contributed by atoms with van der Waals surface area (Å²) < 4.78 is 0. The molecule has 0 heterocycles. The molecule has 0 radical (unpaired) electrons. The number of aliphatic carboxylic acids is 2. The van der Waals surface area contributed by atoms with Gasteiger partial charge in [-0.25, -0.2) is 9.59 Å². The predicted molar refractivity (Wildman–Crippen MR) is 40.2 cm³/mol. The highest BCUT2D eigenvalue weighted by molar-refractivity contribution is 6.31. The number of carbonyl (C=O) groups is 4. The van der Waals surface area contributed by atoms with Crippen molar-refractivity contribution in [2.45, 2.75) is 13.8 Å². The highest BCUT2D eigenvalue weighted by Crippen LogP contribution is 1.62. The normalized spacial score (nSPS) is 6.92. The summed E-state index contributed by atoms with van der Waals surface area (Å²) in [6, 6.07) is 0. The molecule has 0 bridgehead atoms. The standard InChI is InChI=1S/2C3H4O3.H2O/c2*1-2(4)3(5)6;/h2*1H3,(H,5,6);1H2. The smallest absolute Gasteiger partial charge is 0.371 e. The van der Waals surface area contributed by atoms with E-state index in [9.17, 15) is 19.2 Å². The largest absolute Gasteiger partial charge is 0.476 e. The Labute approximate surface area is 73.3 Å². The monoisotopic (exact) mass is 194 g/mol. The number of hydrogen-bond acceptors (Lipinski definition) is 4. The van der Waals surface area contributed by atoms with Gasteiger partial charge in [-0.2, -0.15) is 0 Å². The van der Waals surface area contributed by atoms with Gasteiger partial charge in [-0.15, -0.1) is 0 Å². The minimum Gasteiger partial charge on any atom is -0.476 e. The van der Waals surface area contributed by atoms with Gasteiger partial charge in [0, 0.05) is 13.8 Å². The molecule has 13 heavy (non-hydrogen) atoms. The summed E-state index contributed by atoms with van der Waals surface area (Å²) in [6.07, 6.45) is 0. The second-order valence-corrected chi connectivity index (χ2v) is 1.72. The van der Waals surface area contributed by atoms with Crippen LogP contribution in [0.4, 0.5) is 0 Å². The van der Waals surface area contributed by atoms with Crippen molar-refractivity contribution < 1.29 is 34.9 Å². The van der Waals surface area contributed by atoms with E-state index >= 15 is 0 Å². The third kappa shape index (κ3) is 17.9. The van der Waals surface area contributed by atoms with Gasteiger partial charge in [0.2, 0.25) is 11.6 Å². The Morgan fingerprint density at radius 2 is 0.846 bits per heavy atom. The molecule has 0 aromatic carbocycles. The van der Waals surface area contributed by atoms with Crippen LogP contribution >= 0.6 is 0 Å². The van der Waals surface area contributed by atoms with E-state index in [1.165, 1.54) is 0 Å². The van der Waals surface area contributed by atoms with Crippen LogP contribution in [0.15, 0.2) is 0 Å². The lowest BCUT2D eigenvalue weighted by atomic mass is 10.5. The van der Waals surface area contributed by atoms with Crippen molar-refractivity contribution in [3.05, 3.63) is 0 Å². The Kier molecular flexibility index (Phi) is 11.1. The lowest BCUT2D eigenvalue weighted by Crippen LogP contribution is -2.05. The molecule has 0 aromatic heterocycles. The highest BCUT2D eigenvalue weighted by Gasteiger charge is 1.99. The van der Waals surface area contributed by atoms with E-state index in [0.717, 1.165) is 13.8 Å². The molecule has 7 heteroatoms. The van der Waals surface area contributed by atoms with Gasteiger partial charge in [0.25, 0.3) is 0 Å². The molecule has 0 aliphatic heterocycles. The van der Waals surface area contributed by atoms with Gasteiger partial charge in [-0.05, 0) is 0 Å². The zero-order valence-electron chi connectivity index (χ0n) is 7.03. The van der Waals surface area contributed by atoms with Crippen molar-refractivity contribution in [2.24, 2.45) is 0 Å². The van der Waals surface area contributed by atoms with Crippen LogP contribution in [-0.2, 0) is 19.2 Å². The van der Waals surface area contributed by atoms with E-state index in [2.05, 4.69) is 0 Å². The quantitative estimate of drug-likeness (QED) is 0.512. The molecule has 0 atom stereocenters. The van der Waals surface area contributed by atoms with Gasteiger partial charge in [-0.3, -0.25) is 9.59 Å². The third-order valence-corrected chi connectivity index (χ3v) is 0.602. The molecule has 0 aliphatic rings. The highest BCUT2D eigenvalue weighted by atomic mass is 16.4. The number of carbonyl (C=O) groups excluding carboxylic acids is 2. The van der Waals surface area contributed by atoms with Gasteiger partial charge in [0.1, 0.15) is 0 Å². The van der Waals surface area contributed by atoms with Crippen molar-refractivity contribution in [2.75, 3.05) is 0 Å². The molecule has 0 spiro atoms. The van der Waals surface area contributed by atoms with Crippen LogP contribution in [-0.4, -0.2) is 39.2 Å². The lowest BCUT2D eigenvalue weighted by molar-refractivity contribution is -0.148. The van der Waals surface area contributed by atoms with Crippen LogP contribution in [0, 0.1) is 0 Å². The molecule has 0 aliphatic carbocycles. The molecule has 7 nitrogen and oxygen atoms in total. The van der Waals surface area contributed by atoms with Crippen LogP contribution in [0.2, 0.25) is 0 Å². The summed E-state index contributed by atoms with van der Waals surface area (Å²) in [5.74, 6) is -4.41. The van der Waals surface area contributed by atoms with Crippen LogP contribution in [0.3, 0.4) is 0 Å². The third-order valence-electron chi connectivity index (χ3n) is 0.602. The van der Waals surface area contributed by atoms with E-state index < -0.39 is 23.5 Å². The van der Waals surface area contributed by atoms with Crippen molar-refractivity contribution in [3.63, 3.8) is 0 Å². The number of carboxylic acids is 2. The summed E-state index contributed by atoms with van der Waals surface area (Å²) in [6.45, 7) is 2.00. The van der Waals surface area contributed by atoms with Crippen LogP contribution in [0.5, 0.6) is 0 Å². The molecule has 0 rings (SSSR count). The topological polar surface area (TPSA) is 140 Å². The van der Waals surface area contributed by atoms with Gasteiger partial charge >= 0.3 is 11.9 Å². The predicted octanol–water partition coefficient (Wildman–Crippen LogP) is -1.50. The molecule has 0 fully saturated rings. The maximum atomic E-state index is 9.54. The Bertz CT molecular complexity index is 169. The minimum atomic E-state index is -1.38. The number of hydrogen-bond donors (Lipinski definition) is 2. The minimum absolute atomic E-state index is 0. The van der Waals surface area contributed by atoms with Gasteiger partial charge in [-0.1, -0.05) is 0 Å². The van der Waals surface area contributed by atoms with E-state index in [1.54, 1.807) is 0 Å². The summed E-state index contributed by atoms with van der Waals surface area (Å²) in [7, 11) is 0. The van der Waals surface area contributed by atoms with Crippen LogP contribution < -0.4 is 0 Å². The van der Waals surface area contributed by atoms with Crippen molar-refractivity contribution in [1.82, 2.24) is 0 Å². The zero-order chi connectivity index (χ0) is 10.3. The first-order chi connectivity index (χ1) is 5.29. The number of carboxylic acid groups (broad SMARTS) is 2. The number of Topliss-reactive ketones (excluding diaryl/α,β-unsaturated/α-hetero) is 2. The second kappa shape index (κ2) is 8.34. The fourth-order valence-electron chi connectivity index (χ4n) is 0. The van der Waals surface area contributed by atoms with Crippen molar-refractivity contribution >= 4 is 23.5 Å². The maximum absolute atomic E-state index is 9.54.